The Labute approximate surface area is 263 Å². The molecule has 7 aromatic carbocycles. The molecule has 212 valence electrons. The van der Waals surface area contributed by atoms with Crippen molar-refractivity contribution in [3.05, 3.63) is 146 Å². The molecule has 0 aliphatic rings. The first-order valence-electron chi connectivity index (χ1n) is 15.7. The number of hydrogen-bond donors (Lipinski definition) is 0. The van der Waals surface area contributed by atoms with Crippen LogP contribution in [0.5, 0.6) is 0 Å². The molecule has 4 nitrogen and oxygen atoms in total. The Hall–Kier alpha value is -6.26. The molecule has 0 N–H and O–H groups in total. The molecule has 11 aromatic rings. The first-order chi connectivity index (χ1) is 22.8. The number of fused-ring (bicyclic) bond motifs is 4. The predicted molar refractivity (Wildman–Crippen MR) is 191 cm³/mol. The van der Waals surface area contributed by atoms with E-state index in [1.54, 1.807) is 0 Å². The van der Waals surface area contributed by atoms with Gasteiger partial charge in [0.25, 0.3) is 0 Å². The maximum absolute atomic E-state index is 5.29. The number of para-hydroxylation sites is 1. The fraction of sp³-hybridized carbons (Fsp3) is 0. The Bertz CT molecular complexity index is 2890. The van der Waals surface area contributed by atoms with Gasteiger partial charge in [-0.05, 0) is 35.0 Å². The fourth-order valence-corrected chi connectivity index (χ4v) is 7.92. The van der Waals surface area contributed by atoms with Gasteiger partial charge in [-0.25, -0.2) is 9.97 Å². The van der Waals surface area contributed by atoms with Gasteiger partial charge >= 0.3 is 0 Å². The van der Waals surface area contributed by atoms with Crippen LogP contribution in [0.3, 0.4) is 0 Å². The highest BCUT2D eigenvalue weighted by molar-refractivity contribution is 6.37. The molecule has 46 heavy (non-hydrogen) atoms. The van der Waals surface area contributed by atoms with Crippen LogP contribution in [0.1, 0.15) is 0 Å². The van der Waals surface area contributed by atoms with Gasteiger partial charge in [0.15, 0.2) is 5.82 Å². The first-order valence-corrected chi connectivity index (χ1v) is 15.7. The highest BCUT2D eigenvalue weighted by Crippen LogP contribution is 2.47. The van der Waals surface area contributed by atoms with Crippen LogP contribution in [0.15, 0.2) is 146 Å². The molecular weight excluding hydrogens is 560 g/mol. The monoisotopic (exact) mass is 584 g/mol. The molecule has 0 radical (unpaired) electrons. The predicted octanol–water partition coefficient (Wildman–Crippen LogP) is 10.6. The van der Waals surface area contributed by atoms with Crippen LogP contribution in [-0.4, -0.2) is 18.9 Å². The van der Waals surface area contributed by atoms with Crippen LogP contribution in [0.2, 0.25) is 0 Å². The lowest BCUT2D eigenvalue weighted by Gasteiger charge is -2.13. The molecular formula is C42H24N4. The fourth-order valence-electron chi connectivity index (χ4n) is 7.92. The van der Waals surface area contributed by atoms with Crippen molar-refractivity contribution in [2.45, 2.75) is 0 Å². The number of hydrogen-bond acceptors (Lipinski definition) is 2. The summed E-state index contributed by atoms with van der Waals surface area (Å²) in [6.07, 6.45) is 0. The lowest BCUT2D eigenvalue weighted by atomic mass is 9.98. The third kappa shape index (κ3) is 3.03. The molecule has 0 fully saturated rings. The maximum Gasteiger partial charge on any atom is 0.162 e. The second-order valence-electron chi connectivity index (χ2n) is 12.2. The summed E-state index contributed by atoms with van der Waals surface area (Å²) in [5, 5.41) is 10.1. The van der Waals surface area contributed by atoms with Gasteiger partial charge in [0.05, 0.1) is 33.3 Å². The molecule has 0 aliphatic carbocycles. The zero-order valence-electron chi connectivity index (χ0n) is 24.6. The van der Waals surface area contributed by atoms with Gasteiger partial charge in [0, 0.05) is 49.5 Å². The van der Waals surface area contributed by atoms with E-state index in [4.69, 9.17) is 9.97 Å². The van der Waals surface area contributed by atoms with Gasteiger partial charge in [0.1, 0.15) is 5.82 Å². The van der Waals surface area contributed by atoms with E-state index in [9.17, 15) is 0 Å². The molecule has 11 rings (SSSR count). The molecule has 4 heteroatoms. The largest absolute Gasteiger partial charge is 0.308 e. The van der Waals surface area contributed by atoms with Crippen LogP contribution in [-0.2, 0) is 0 Å². The summed E-state index contributed by atoms with van der Waals surface area (Å²) >= 11 is 0. The van der Waals surface area contributed by atoms with Crippen molar-refractivity contribution in [3.8, 4) is 28.5 Å². The maximum atomic E-state index is 5.29. The van der Waals surface area contributed by atoms with Gasteiger partial charge in [-0.2, -0.15) is 0 Å². The van der Waals surface area contributed by atoms with Crippen molar-refractivity contribution in [2.75, 3.05) is 0 Å². The lowest BCUT2D eigenvalue weighted by molar-refractivity contribution is 1.05. The van der Waals surface area contributed by atoms with Crippen LogP contribution in [0, 0.1) is 0 Å². The second kappa shape index (κ2) is 8.68. The van der Waals surface area contributed by atoms with E-state index in [2.05, 4.69) is 130 Å². The summed E-state index contributed by atoms with van der Waals surface area (Å²) in [6, 6.07) is 52.1. The molecule has 0 unspecified atom stereocenters. The summed E-state index contributed by atoms with van der Waals surface area (Å²) in [5.41, 5.74) is 8.97. The Morgan fingerprint density at radius 1 is 0.413 bits per heavy atom. The van der Waals surface area contributed by atoms with Crippen molar-refractivity contribution in [2.24, 2.45) is 0 Å². The molecule has 0 aliphatic heterocycles. The van der Waals surface area contributed by atoms with Crippen LogP contribution in [0.25, 0.3) is 99.1 Å². The van der Waals surface area contributed by atoms with Crippen molar-refractivity contribution in [1.82, 2.24) is 18.9 Å². The number of rotatable bonds is 3. The number of benzene rings is 7. The normalized spacial score (nSPS) is 12.3. The minimum Gasteiger partial charge on any atom is -0.308 e. The Kier molecular flexibility index (Phi) is 4.55. The van der Waals surface area contributed by atoms with Crippen LogP contribution in [0.4, 0.5) is 0 Å². The van der Waals surface area contributed by atoms with E-state index in [0.717, 1.165) is 33.7 Å². The van der Waals surface area contributed by atoms with Gasteiger partial charge in [0.2, 0.25) is 0 Å². The molecule has 4 aromatic heterocycles. The molecule has 4 heterocycles. The van der Waals surface area contributed by atoms with Crippen LogP contribution < -0.4 is 0 Å². The average Bonchev–Trinajstić information content (AvgIpc) is 3.60. The molecule has 0 amide bonds. The van der Waals surface area contributed by atoms with Gasteiger partial charge in [-0.3, -0.25) is 4.57 Å². The number of nitrogens with zero attached hydrogens (tertiary/aromatic N) is 4. The second-order valence-corrected chi connectivity index (χ2v) is 12.2. The minimum atomic E-state index is 0.712. The van der Waals surface area contributed by atoms with Gasteiger partial charge < -0.3 is 4.40 Å². The quantitative estimate of drug-likeness (QED) is 0.207. The zero-order chi connectivity index (χ0) is 29.9. The first kappa shape index (κ1) is 24.1. The molecule has 0 spiro atoms. The van der Waals surface area contributed by atoms with Gasteiger partial charge in [-0.1, -0.05) is 115 Å². The van der Waals surface area contributed by atoms with E-state index >= 15 is 0 Å². The Morgan fingerprint density at radius 3 is 1.87 bits per heavy atom. The van der Waals surface area contributed by atoms with E-state index in [-0.39, 0.29) is 0 Å². The SMILES string of the molecule is c1ccc(-c2cc(-n3c4ccc5cccc6c5c4c4c5c(ccc7c8ccccc8n6c75)ccc43)nc(-c3ccccc3)n2)cc1. The average molecular weight is 585 g/mol. The number of aromatic nitrogens is 4. The van der Waals surface area contributed by atoms with E-state index in [1.165, 1.54) is 59.6 Å². The minimum absolute atomic E-state index is 0.712. The smallest absolute Gasteiger partial charge is 0.162 e. The van der Waals surface area contributed by atoms with Crippen LogP contribution >= 0.6 is 0 Å². The van der Waals surface area contributed by atoms with Crippen molar-refractivity contribution in [1.29, 1.82) is 0 Å². The van der Waals surface area contributed by atoms with Gasteiger partial charge in [-0.15, -0.1) is 0 Å². The summed E-state index contributed by atoms with van der Waals surface area (Å²) in [6.45, 7) is 0. The highest BCUT2D eigenvalue weighted by atomic mass is 15.1. The third-order valence-electron chi connectivity index (χ3n) is 9.81. The Morgan fingerprint density at radius 2 is 1.07 bits per heavy atom. The summed E-state index contributed by atoms with van der Waals surface area (Å²) in [4.78, 5) is 10.4. The third-order valence-corrected chi connectivity index (χ3v) is 9.81. The molecule has 0 bridgehead atoms. The highest BCUT2D eigenvalue weighted by Gasteiger charge is 2.25. The molecule has 0 saturated carbocycles. The lowest BCUT2D eigenvalue weighted by Crippen LogP contribution is -2.02. The van der Waals surface area contributed by atoms with E-state index in [0.29, 0.717) is 5.82 Å². The van der Waals surface area contributed by atoms with Crippen molar-refractivity contribution in [3.63, 3.8) is 0 Å². The summed E-state index contributed by atoms with van der Waals surface area (Å²) in [5.74, 6) is 1.57. The Balaban J connectivity index is 1.38. The van der Waals surface area contributed by atoms with E-state index in [1.807, 2.05) is 24.3 Å². The van der Waals surface area contributed by atoms with Crippen molar-refractivity contribution >= 4 is 70.7 Å². The summed E-state index contributed by atoms with van der Waals surface area (Å²) < 4.78 is 4.86. The zero-order valence-corrected chi connectivity index (χ0v) is 24.6. The summed E-state index contributed by atoms with van der Waals surface area (Å²) in [7, 11) is 0. The molecule has 0 atom stereocenters. The topological polar surface area (TPSA) is 35.1 Å². The molecule has 0 saturated heterocycles. The van der Waals surface area contributed by atoms with E-state index < -0.39 is 0 Å². The standard InChI is InChI=1S/C42H24N4/c1-3-10-25(11-4-1)31-24-36(44-42(43-31)28-12-5-2-6-13-28)45-34-22-19-26-14-9-17-33-37(26)39(34)40-35(45)23-20-27-18-21-30-29-15-7-8-16-32(29)46(33)41(30)38(27)40/h1-24H. The van der Waals surface area contributed by atoms with Crippen molar-refractivity contribution < 1.29 is 0 Å².